The Morgan fingerprint density at radius 3 is 2.00 bits per heavy atom. The highest BCUT2D eigenvalue weighted by Gasteiger charge is 2.51. The fourth-order valence-corrected chi connectivity index (χ4v) is 6.74. The summed E-state index contributed by atoms with van der Waals surface area (Å²) in [6.45, 7) is -0.283. The van der Waals surface area contributed by atoms with Crippen LogP contribution in [0.15, 0.2) is 60.7 Å². The molecule has 34 heavy (non-hydrogen) atoms. The van der Waals surface area contributed by atoms with Gasteiger partial charge in [0.05, 0.1) is 12.5 Å². The first-order valence-corrected chi connectivity index (χ1v) is 12.4. The molecule has 4 fully saturated rings. The summed E-state index contributed by atoms with van der Waals surface area (Å²) in [5.41, 5.74) is 1.22. The van der Waals surface area contributed by atoms with Crippen molar-refractivity contribution in [1.29, 1.82) is 0 Å². The molecule has 4 saturated carbocycles. The Labute approximate surface area is 200 Å². The molecule has 0 spiro atoms. The second kappa shape index (κ2) is 9.61. The molecule has 0 aromatic heterocycles. The first kappa shape index (κ1) is 22.6. The molecule has 2 N–H and O–H groups in total. The van der Waals surface area contributed by atoms with Crippen molar-refractivity contribution in [3.05, 3.63) is 71.8 Å². The van der Waals surface area contributed by atoms with E-state index in [-0.39, 0.29) is 30.4 Å². The van der Waals surface area contributed by atoms with Crippen LogP contribution in [0.2, 0.25) is 0 Å². The molecule has 0 unspecified atom stereocenters. The van der Waals surface area contributed by atoms with Crippen molar-refractivity contribution in [2.24, 2.45) is 17.8 Å². The maximum Gasteiger partial charge on any atom is 0.308 e. The van der Waals surface area contributed by atoms with Crippen LogP contribution in [-0.4, -0.2) is 29.9 Å². The minimum absolute atomic E-state index is 0.0484. The number of hydrogen-bond acceptors (Lipinski definition) is 4. The van der Waals surface area contributed by atoms with Crippen molar-refractivity contribution in [3.8, 4) is 0 Å². The van der Waals surface area contributed by atoms with Crippen LogP contribution in [0.5, 0.6) is 0 Å². The molecule has 0 heterocycles. The molecule has 2 aromatic carbocycles. The summed E-state index contributed by atoms with van der Waals surface area (Å²) in [7, 11) is 0. The molecule has 4 bridgehead atoms. The number of carbonyl (C=O) groups excluding carboxylic acids is 3. The minimum Gasteiger partial charge on any atom is -0.456 e. The van der Waals surface area contributed by atoms with E-state index in [1.807, 2.05) is 36.4 Å². The first-order valence-electron chi connectivity index (χ1n) is 12.4. The molecule has 0 saturated heterocycles. The number of carbonyl (C=O) groups is 3. The van der Waals surface area contributed by atoms with Crippen LogP contribution in [0, 0.1) is 17.8 Å². The third kappa shape index (κ3) is 5.16. The summed E-state index contributed by atoms with van der Waals surface area (Å²) in [6.07, 6.45) is 7.03. The van der Waals surface area contributed by atoms with Gasteiger partial charge in [-0.1, -0.05) is 48.5 Å². The van der Waals surface area contributed by atoms with Crippen LogP contribution >= 0.6 is 0 Å². The predicted octanol–water partition coefficient (Wildman–Crippen LogP) is 4.18. The third-order valence-corrected chi connectivity index (χ3v) is 7.72. The van der Waals surface area contributed by atoms with Gasteiger partial charge in [0, 0.05) is 11.1 Å². The average Bonchev–Trinajstić information content (AvgIpc) is 2.82. The molecule has 6 heteroatoms. The SMILES string of the molecule is O=C(COC(=O)C[C@@H](NC(=O)c1ccccc1)c1ccccc1)NC12CC3CC(CC(C3)C1)C2. The molecular formula is C28H32N2O4. The summed E-state index contributed by atoms with van der Waals surface area (Å²) < 4.78 is 5.35. The fourth-order valence-electron chi connectivity index (χ4n) is 6.74. The van der Waals surface area contributed by atoms with Gasteiger partial charge < -0.3 is 15.4 Å². The normalized spacial score (nSPS) is 27.6. The monoisotopic (exact) mass is 460 g/mol. The highest BCUT2D eigenvalue weighted by Crippen LogP contribution is 2.55. The van der Waals surface area contributed by atoms with Crippen LogP contribution in [0.4, 0.5) is 0 Å². The molecule has 1 atom stereocenters. The quantitative estimate of drug-likeness (QED) is 0.579. The molecule has 4 aliphatic rings. The van der Waals surface area contributed by atoms with E-state index in [0.717, 1.165) is 42.6 Å². The molecule has 6 rings (SSSR count). The summed E-state index contributed by atoms with van der Waals surface area (Å²) in [4.78, 5) is 38.1. The van der Waals surface area contributed by atoms with E-state index in [9.17, 15) is 14.4 Å². The molecular weight excluding hydrogens is 428 g/mol. The topological polar surface area (TPSA) is 84.5 Å². The Morgan fingerprint density at radius 1 is 0.853 bits per heavy atom. The molecule has 2 amide bonds. The van der Waals surface area contributed by atoms with Gasteiger partial charge in [-0.15, -0.1) is 0 Å². The lowest BCUT2D eigenvalue weighted by atomic mass is 9.53. The van der Waals surface area contributed by atoms with Crippen molar-refractivity contribution in [1.82, 2.24) is 10.6 Å². The van der Waals surface area contributed by atoms with Gasteiger partial charge in [0.2, 0.25) is 0 Å². The van der Waals surface area contributed by atoms with Crippen molar-refractivity contribution in [3.63, 3.8) is 0 Å². The Hall–Kier alpha value is -3.15. The number of benzene rings is 2. The van der Waals surface area contributed by atoms with Gasteiger partial charge >= 0.3 is 5.97 Å². The van der Waals surface area contributed by atoms with Crippen molar-refractivity contribution < 1.29 is 19.1 Å². The third-order valence-electron chi connectivity index (χ3n) is 7.72. The zero-order chi connectivity index (χ0) is 23.5. The maximum absolute atomic E-state index is 12.7. The summed E-state index contributed by atoms with van der Waals surface area (Å²) in [5, 5.41) is 6.16. The van der Waals surface area contributed by atoms with Gasteiger partial charge in [-0.25, -0.2) is 0 Å². The zero-order valence-electron chi connectivity index (χ0n) is 19.4. The van der Waals surface area contributed by atoms with Crippen molar-refractivity contribution in [2.75, 3.05) is 6.61 Å². The van der Waals surface area contributed by atoms with E-state index in [2.05, 4.69) is 10.6 Å². The minimum atomic E-state index is -0.548. The number of esters is 1. The van der Waals surface area contributed by atoms with Gasteiger partial charge in [-0.2, -0.15) is 0 Å². The van der Waals surface area contributed by atoms with E-state index >= 15 is 0 Å². The molecule has 0 radical (unpaired) electrons. The van der Waals surface area contributed by atoms with Crippen molar-refractivity contribution >= 4 is 17.8 Å². The molecule has 6 nitrogen and oxygen atoms in total. The molecule has 0 aliphatic heterocycles. The second-order valence-electron chi connectivity index (χ2n) is 10.4. The van der Waals surface area contributed by atoms with Crippen LogP contribution in [-0.2, 0) is 14.3 Å². The first-order chi connectivity index (χ1) is 16.5. The van der Waals surface area contributed by atoms with Gasteiger partial charge in [-0.05, 0) is 74.0 Å². The summed E-state index contributed by atoms with van der Waals surface area (Å²) in [5.74, 6) is 1.20. The maximum atomic E-state index is 12.7. The highest BCUT2D eigenvalue weighted by atomic mass is 16.5. The van der Waals surface area contributed by atoms with E-state index in [0.29, 0.717) is 5.56 Å². The number of rotatable bonds is 8. The lowest BCUT2D eigenvalue weighted by Crippen LogP contribution is -2.60. The van der Waals surface area contributed by atoms with Crippen LogP contribution < -0.4 is 10.6 Å². The summed E-state index contributed by atoms with van der Waals surface area (Å²) >= 11 is 0. The standard InChI is InChI=1S/C28H32N2O4/c31-25(30-28-15-19-11-20(16-28)13-21(12-19)17-28)18-34-26(32)14-24(22-7-3-1-4-8-22)29-27(33)23-9-5-2-6-10-23/h1-10,19-21,24H,11-18H2,(H,29,33)(H,30,31)/t19?,20?,21?,24-,28?/m1/s1. The van der Waals surface area contributed by atoms with E-state index < -0.39 is 12.0 Å². The number of nitrogens with one attached hydrogen (secondary N) is 2. The van der Waals surface area contributed by atoms with E-state index in [4.69, 9.17) is 4.74 Å². The average molecular weight is 461 g/mol. The van der Waals surface area contributed by atoms with Crippen LogP contribution in [0.3, 0.4) is 0 Å². The lowest BCUT2D eigenvalue weighted by Gasteiger charge is -2.56. The number of ether oxygens (including phenoxy) is 1. The zero-order valence-corrected chi connectivity index (χ0v) is 19.4. The van der Waals surface area contributed by atoms with Gasteiger partial charge in [0.25, 0.3) is 11.8 Å². The molecule has 4 aliphatic carbocycles. The Kier molecular flexibility index (Phi) is 6.40. The summed E-state index contributed by atoms with van der Waals surface area (Å²) in [6, 6.07) is 17.7. The fraction of sp³-hybridized carbons (Fsp3) is 0.464. The Bertz CT molecular complexity index is 1000. The van der Waals surface area contributed by atoms with Crippen LogP contribution in [0.1, 0.15) is 66.9 Å². The molecule has 178 valence electrons. The van der Waals surface area contributed by atoms with Gasteiger partial charge in [0.1, 0.15) is 0 Å². The Morgan fingerprint density at radius 2 is 1.41 bits per heavy atom. The van der Waals surface area contributed by atoms with Crippen LogP contribution in [0.25, 0.3) is 0 Å². The number of amides is 2. The Balaban J connectivity index is 1.17. The highest BCUT2D eigenvalue weighted by molar-refractivity contribution is 5.94. The largest absolute Gasteiger partial charge is 0.456 e. The van der Waals surface area contributed by atoms with Gasteiger partial charge in [-0.3, -0.25) is 14.4 Å². The van der Waals surface area contributed by atoms with Gasteiger partial charge in [0.15, 0.2) is 6.61 Å². The molecule has 2 aromatic rings. The smallest absolute Gasteiger partial charge is 0.308 e. The van der Waals surface area contributed by atoms with E-state index in [1.165, 1.54) is 19.3 Å². The lowest BCUT2D eigenvalue weighted by molar-refractivity contribution is -0.150. The second-order valence-corrected chi connectivity index (χ2v) is 10.4. The predicted molar refractivity (Wildman–Crippen MR) is 128 cm³/mol. The van der Waals surface area contributed by atoms with E-state index in [1.54, 1.807) is 24.3 Å². The number of hydrogen-bond donors (Lipinski definition) is 2. The van der Waals surface area contributed by atoms with Crippen molar-refractivity contribution in [2.45, 2.75) is 56.5 Å².